The van der Waals surface area contributed by atoms with Crippen molar-refractivity contribution < 1.29 is 5.11 Å². The van der Waals surface area contributed by atoms with Crippen LogP contribution in [-0.2, 0) is 6.42 Å². The van der Waals surface area contributed by atoms with Crippen molar-refractivity contribution in [3.63, 3.8) is 0 Å². The summed E-state index contributed by atoms with van der Waals surface area (Å²) in [5.74, 6) is 0. The highest BCUT2D eigenvalue weighted by Crippen LogP contribution is 2.26. The van der Waals surface area contributed by atoms with E-state index in [4.69, 9.17) is 11.6 Å². The molecule has 0 amide bonds. The minimum atomic E-state index is -0.531. The fraction of sp³-hybridized carbons (Fsp3) is 0.143. The molecule has 0 aliphatic heterocycles. The van der Waals surface area contributed by atoms with Crippen molar-refractivity contribution in [3.8, 4) is 0 Å². The predicted molar refractivity (Wildman–Crippen MR) is 87.0 cm³/mol. The highest BCUT2D eigenvalue weighted by atomic mass is 127. The van der Waals surface area contributed by atoms with Gasteiger partial charge in [-0.1, -0.05) is 39.7 Å². The summed E-state index contributed by atoms with van der Waals surface area (Å²) in [6.07, 6.45) is 0.0562. The zero-order valence-electron chi connectivity index (χ0n) is 9.41. The molecular formula is C14H11BrClIO. The van der Waals surface area contributed by atoms with Gasteiger partial charge in [-0.15, -0.1) is 0 Å². The van der Waals surface area contributed by atoms with Crippen molar-refractivity contribution in [2.45, 2.75) is 12.5 Å². The van der Waals surface area contributed by atoms with E-state index < -0.39 is 6.10 Å². The number of aliphatic hydroxyl groups is 1. The van der Waals surface area contributed by atoms with Crippen molar-refractivity contribution >= 4 is 50.1 Å². The SMILES string of the molecule is OC(Cc1ccc(Br)cc1)c1cc(Cl)ccc1I. The molecule has 1 atom stereocenters. The lowest BCUT2D eigenvalue weighted by atomic mass is 10.0. The summed E-state index contributed by atoms with van der Waals surface area (Å²) in [5, 5.41) is 10.9. The first-order valence-electron chi connectivity index (χ1n) is 5.44. The molecule has 0 aromatic heterocycles. The van der Waals surface area contributed by atoms with Gasteiger partial charge in [0.05, 0.1) is 6.10 Å². The van der Waals surface area contributed by atoms with Gasteiger partial charge >= 0.3 is 0 Å². The average molecular weight is 438 g/mol. The zero-order chi connectivity index (χ0) is 13.1. The van der Waals surface area contributed by atoms with Gasteiger partial charge in [0, 0.05) is 19.5 Å². The molecule has 94 valence electrons. The fourth-order valence-electron chi connectivity index (χ4n) is 1.72. The second-order valence-electron chi connectivity index (χ2n) is 4.01. The van der Waals surface area contributed by atoms with Gasteiger partial charge in [-0.25, -0.2) is 0 Å². The number of hydrogen-bond donors (Lipinski definition) is 1. The Morgan fingerprint density at radius 3 is 2.50 bits per heavy atom. The molecule has 1 nitrogen and oxygen atoms in total. The van der Waals surface area contributed by atoms with Crippen molar-refractivity contribution in [1.29, 1.82) is 0 Å². The topological polar surface area (TPSA) is 20.2 Å². The number of halogens is 3. The van der Waals surface area contributed by atoms with E-state index in [1.807, 2.05) is 42.5 Å². The number of hydrogen-bond acceptors (Lipinski definition) is 1. The molecule has 0 fully saturated rings. The van der Waals surface area contributed by atoms with Crippen LogP contribution in [0.25, 0.3) is 0 Å². The highest BCUT2D eigenvalue weighted by Gasteiger charge is 2.12. The first-order chi connectivity index (χ1) is 8.56. The van der Waals surface area contributed by atoms with Crippen molar-refractivity contribution in [2.24, 2.45) is 0 Å². The van der Waals surface area contributed by atoms with Crippen LogP contribution in [0.5, 0.6) is 0 Å². The molecule has 1 unspecified atom stereocenters. The molecule has 2 aromatic rings. The number of rotatable bonds is 3. The molecule has 0 aliphatic carbocycles. The monoisotopic (exact) mass is 436 g/mol. The summed E-state index contributed by atoms with van der Waals surface area (Å²) in [4.78, 5) is 0. The summed E-state index contributed by atoms with van der Waals surface area (Å²) >= 11 is 11.6. The maximum Gasteiger partial charge on any atom is 0.0841 e. The molecule has 0 saturated heterocycles. The Morgan fingerprint density at radius 1 is 1.17 bits per heavy atom. The third-order valence-electron chi connectivity index (χ3n) is 2.66. The first-order valence-corrected chi connectivity index (χ1v) is 7.68. The lowest BCUT2D eigenvalue weighted by Crippen LogP contribution is -2.03. The van der Waals surface area contributed by atoms with Crippen LogP contribution < -0.4 is 0 Å². The molecule has 0 saturated carbocycles. The summed E-state index contributed by atoms with van der Waals surface area (Å²) in [6.45, 7) is 0. The Bertz CT molecular complexity index is 542. The molecular weight excluding hydrogens is 426 g/mol. The predicted octanol–water partition coefficient (Wildman–Crippen LogP) is 4.98. The third kappa shape index (κ3) is 3.70. The van der Waals surface area contributed by atoms with Crippen molar-refractivity contribution in [3.05, 3.63) is 66.7 Å². The third-order valence-corrected chi connectivity index (χ3v) is 4.41. The first kappa shape index (κ1) is 14.3. The van der Waals surface area contributed by atoms with Crippen LogP contribution in [0.15, 0.2) is 46.9 Å². The molecule has 0 aliphatic rings. The molecule has 1 N–H and O–H groups in total. The van der Waals surface area contributed by atoms with Gasteiger partial charge < -0.3 is 5.11 Å². The summed E-state index contributed by atoms with van der Waals surface area (Å²) < 4.78 is 2.07. The fourth-order valence-corrected chi connectivity index (χ4v) is 2.86. The quantitative estimate of drug-likeness (QED) is 0.672. The van der Waals surface area contributed by atoms with Gasteiger partial charge in [0.25, 0.3) is 0 Å². The van der Waals surface area contributed by atoms with E-state index in [-0.39, 0.29) is 0 Å². The van der Waals surface area contributed by atoms with E-state index in [1.54, 1.807) is 0 Å². The molecule has 0 spiro atoms. The van der Waals surface area contributed by atoms with Gasteiger partial charge in [0.15, 0.2) is 0 Å². The molecule has 0 radical (unpaired) electrons. The molecule has 0 heterocycles. The van der Waals surface area contributed by atoms with Gasteiger partial charge in [-0.2, -0.15) is 0 Å². The van der Waals surface area contributed by atoms with Gasteiger partial charge in [-0.3, -0.25) is 0 Å². The minimum Gasteiger partial charge on any atom is -0.388 e. The molecule has 0 bridgehead atoms. The lowest BCUT2D eigenvalue weighted by molar-refractivity contribution is 0.177. The van der Waals surface area contributed by atoms with Crippen LogP contribution in [0.3, 0.4) is 0 Å². The summed E-state index contributed by atoms with van der Waals surface area (Å²) in [7, 11) is 0. The van der Waals surface area contributed by atoms with E-state index in [9.17, 15) is 5.11 Å². The highest BCUT2D eigenvalue weighted by molar-refractivity contribution is 14.1. The maximum absolute atomic E-state index is 10.3. The largest absolute Gasteiger partial charge is 0.388 e. The van der Waals surface area contributed by atoms with Crippen LogP contribution in [0.1, 0.15) is 17.2 Å². The molecule has 2 rings (SSSR count). The Morgan fingerprint density at radius 2 is 1.83 bits per heavy atom. The van der Waals surface area contributed by atoms with E-state index in [1.165, 1.54) is 0 Å². The zero-order valence-corrected chi connectivity index (χ0v) is 13.9. The van der Waals surface area contributed by atoms with Crippen LogP contribution in [0, 0.1) is 3.57 Å². The van der Waals surface area contributed by atoms with E-state index in [0.29, 0.717) is 11.4 Å². The minimum absolute atomic E-state index is 0.531. The normalized spacial score (nSPS) is 12.4. The van der Waals surface area contributed by atoms with Crippen LogP contribution in [0.4, 0.5) is 0 Å². The van der Waals surface area contributed by atoms with Crippen LogP contribution in [0.2, 0.25) is 5.02 Å². The average Bonchev–Trinajstić information content (AvgIpc) is 2.35. The van der Waals surface area contributed by atoms with Gasteiger partial charge in [0.1, 0.15) is 0 Å². The maximum atomic E-state index is 10.3. The Balaban J connectivity index is 2.18. The Hall–Kier alpha value is -0.100. The smallest absolute Gasteiger partial charge is 0.0841 e. The van der Waals surface area contributed by atoms with Crippen molar-refractivity contribution in [2.75, 3.05) is 0 Å². The summed E-state index contributed by atoms with van der Waals surface area (Å²) in [5.41, 5.74) is 1.98. The van der Waals surface area contributed by atoms with E-state index >= 15 is 0 Å². The Kier molecular flexibility index (Phi) is 5.06. The number of benzene rings is 2. The van der Waals surface area contributed by atoms with E-state index in [0.717, 1.165) is 19.2 Å². The molecule has 18 heavy (non-hydrogen) atoms. The van der Waals surface area contributed by atoms with Gasteiger partial charge in [-0.05, 0) is 64.0 Å². The second kappa shape index (κ2) is 6.37. The summed E-state index contributed by atoms with van der Waals surface area (Å²) in [6, 6.07) is 13.5. The van der Waals surface area contributed by atoms with E-state index in [2.05, 4.69) is 38.5 Å². The van der Waals surface area contributed by atoms with Crippen LogP contribution in [-0.4, -0.2) is 5.11 Å². The molecule has 4 heteroatoms. The number of aliphatic hydroxyl groups excluding tert-OH is 1. The molecule has 2 aromatic carbocycles. The van der Waals surface area contributed by atoms with Crippen molar-refractivity contribution in [1.82, 2.24) is 0 Å². The standard InChI is InChI=1S/C14H11BrClIO/c15-10-3-1-9(2-4-10)7-14(18)12-8-11(16)5-6-13(12)17/h1-6,8,14,18H,7H2. The lowest BCUT2D eigenvalue weighted by Gasteiger charge is -2.13. The Labute approximate surface area is 133 Å². The van der Waals surface area contributed by atoms with Crippen LogP contribution >= 0.6 is 50.1 Å². The van der Waals surface area contributed by atoms with Gasteiger partial charge in [0.2, 0.25) is 0 Å². The second-order valence-corrected chi connectivity index (χ2v) is 6.53.